The molecule has 1 N–H and O–H groups in total. The van der Waals surface area contributed by atoms with Crippen molar-refractivity contribution in [2.75, 3.05) is 6.54 Å². The van der Waals surface area contributed by atoms with Gasteiger partial charge in [-0.15, -0.1) is 11.3 Å². The van der Waals surface area contributed by atoms with Crippen molar-refractivity contribution in [3.8, 4) is 10.6 Å². The Labute approximate surface area is 149 Å². The highest BCUT2D eigenvalue weighted by molar-refractivity contribution is 7.15. The molecule has 0 spiro atoms. The average molecular weight is 352 g/mol. The van der Waals surface area contributed by atoms with Crippen LogP contribution in [0.2, 0.25) is 0 Å². The number of hydrogen-bond acceptors (Lipinski definition) is 3. The zero-order chi connectivity index (χ0) is 17.6. The molecule has 2 aromatic rings. The number of halogens is 1. The summed E-state index contributed by atoms with van der Waals surface area (Å²) in [4.78, 5) is 2.39. The Morgan fingerprint density at radius 1 is 1.21 bits per heavy atom. The first-order valence-corrected chi connectivity index (χ1v) is 9.76. The fraction of sp³-hybridized carbons (Fsp3) is 0.632. The van der Waals surface area contributed by atoms with Gasteiger partial charge in [-0.25, -0.2) is 4.39 Å². The van der Waals surface area contributed by atoms with Crippen LogP contribution in [0.25, 0.3) is 10.6 Å². The van der Waals surface area contributed by atoms with E-state index in [-0.39, 0.29) is 0 Å². The highest BCUT2D eigenvalue weighted by Crippen LogP contribution is 2.31. The van der Waals surface area contributed by atoms with Crippen LogP contribution in [0.15, 0.2) is 18.2 Å². The smallest absolute Gasteiger partial charge is 0.146 e. The van der Waals surface area contributed by atoms with Gasteiger partial charge in [0.15, 0.2) is 0 Å². The van der Waals surface area contributed by atoms with Gasteiger partial charge in [0.2, 0.25) is 0 Å². The van der Waals surface area contributed by atoms with E-state index in [1.165, 1.54) is 37.0 Å². The Bertz CT molecular complexity index is 625. The molecule has 0 bridgehead atoms. The van der Waals surface area contributed by atoms with Crippen molar-refractivity contribution in [3.63, 3.8) is 0 Å². The van der Waals surface area contributed by atoms with E-state index in [1.54, 1.807) is 36.9 Å². The quantitative estimate of drug-likeness (QED) is 0.580. The molecule has 134 valence electrons. The van der Waals surface area contributed by atoms with Gasteiger partial charge in [0.1, 0.15) is 11.4 Å². The SMILES string of the molecule is CCCCCCCNCc1ccc(-c2cc(C(C)(C)F)n(C)n2)s1. The number of unbranched alkanes of at least 4 members (excludes halogenated alkanes) is 4. The van der Waals surface area contributed by atoms with E-state index in [4.69, 9.17) is 0 Å². The third-order valence-corrected chi connectivity index (χ3v) is 5.27. The number of alkyl halides is 1. The molecule has 3 nitrogen and oxygen atoms in total. The third-order valence-electron chi connectivity index (χ3n) is 4.16. The summed E-state index contributed by atoms with van der Waals surface area (Å²) >= 11 is 1.73. The van der Waals surface area contributed by atoms with Crippen molar-refractivity contribution in [3.05, 3.63) is 28.8 Å². The summed E-state index contributed by atoms with van der Waals surface area (Å²) in [6.45, 7) is 7.34. The zero-order valence-electron chi connectivity index (χ0n) is 15.4. The molecule has 0 aliphatic rings. The first-order valence-electron chi connectivity index (χ1n) is 8.95. The molecule has 0 atom stereocenters. The first-order chi connectivity index (χ1) is 11.4. The Kier molecular flexibility index (Phi) is 6.99. The molecule has 24 heavy (non-hydrogen) atoms. The second-order valence-electron chi connectivity index (χ2n) is 6.87. The van der Waals surface area contributed by atoms with Crippen molar-refractivity contribution in [2.24, 2.45) is 7.05 Å². The van der Waals surface area contributed by atoms with Gasteiger partial charge in [-0.3, -0.25) is 4.68 Å². The van der Waals surface area contributed by atoms with Crippen LogP contribution >= 0.6 is 11.3 Å². The monoisotopic (exact) mass is 351 g/mol. The number of nitrogens with zero attached hydrogens (tertiary/aromatic N) is 2. The van der Waals surface area contributed by atoms with Crippen LogP contribution in [0, 0.1) is 0 Å². The van der Waals surface area contributed by atoms with Crippen LogP contribution in [0.4, 0.5) is 4.39 Å². The van der Waals surface area contributed by atoms with Crippen LogP contribution in [-0.2, 0) is 19.3 Å². The number of aromatic nitrogens is 2. The summed E-state index contributed by atoms with van der Waals surface area (Å²) in [7, 11) is 1.80. The Morgan fingerprint density at radius 3 is 2.62 bits per heavy atom. The molecule has 2 heterocycles. The summed E-state index contributed by atoms with van der Waals surface area (Å²) in [5.74, 6) is 0. The molecule has 0 aliphatic carbocycles. The van der Waals surface area contributed by atoms with Crippen LogP contribution in [-0.4, -0.2) is 16.3 Å². The Balaban J connectivity index is 1.85. The molecule has 0 saturated heterocycles. The van der Waals surface area contributed by atoms with E-state index < -0.39 is 5.67 Å². The highest BCUT2D eigenvalue weighted by Gasteiger charge is 2.24. The lowest BCUT2D eigenvalue weighted by Gasteiger charge is -2.13. The van der Waals surface area contributed by atoms with E-state index in [9.17, 15) is 4.39 Å². The lowest BCUT2D eigenvalue weighted by Crippen LogP contribution is -2.14. The van der Waals surface area contributed by atoms with Crippen LogP contribution in [0.3, 0.4) is 0 Å². The lowest BCUT2D eigenvalue weighted by molar-refractivity contribution is 0.206. The standard InChI is InChI=1S/C19H30FN3S/c1-5-6-7-8-9-12-21-14-15-10-11-17(24-15)16-13-18(19(2,3)20)23(4)22-16/h10-11,13,21H,5-9,12,14H2,1-4H3. The van der Waals surface area contributed by atoms with Gasteiger partial charge in [-0.1, -0.05) is 32.6 Å². The molecule has 2 rings (SSSR count). The molecule has 5 heteroatoms. The summed E-state index contributed by atoms with van der Waals surface area (Å²) in [6, 6.07) is 6.08. The molecule has 0 unspecified atom stereocenters. The Hall–Kier alpha value is -1.20. The van der Waals surface area contributed by atoms with Crippen molar-refractivity contribution in [1.29, 1.82) is 0 Å². The van der Waals surface area contributed by atoms with Crippen molar-refractivity contribution in [2.45, 2.75) is 65.1 Å². The van der Waals surface area contributed by atoms with E-state index in [0.717, 1.165) is 23.7 Å². The van der Waals surface area contributed by atoms with E-state index in [2.05, 4.69) is 29.5 Å². The maximum absolute atomic E-state index is 14.2. The molecule has 0 radical (unpaired) electrons. The van der Waals surface area contributed by atoms with Gasteiger partial charge in [-0.05, 0) is 45.0 Å². The van der Waals surface area contributed by atoms with Gasteiger partial charge < -0.3 is 5.32 Å². The predicted octanol–water partition coefficient (Wildman–Crippen LogP) is 5.41. The minimum atomic E-state index is -1.38. The first kappa shape index (κ1) is 19.1. The fourth-order valence-corrected chi connectivity index (χ4v) is 3.75. The van der Waals surface area contributed by atoms with Gasteiger partial charge >= 0.3 is 0 Å². The van der Waals surface area contributed by atoms with Crippen LogP contribution in [0.5, 0.6) is 0 Å². The molecule has 0 aromatic carbocycles. The molecule has 0 aliphatic heterocycles. The maximum Gasteiger partial charge on any atom is 0.146 e. The number of nitrogens with one attached hydrogen (secondary N) is 1. The van der Waals surface area contributed by atoms with Gasteiger partial charge in [0.05, 0.1) is 10.6 Å². The van der Waals surface area contributed by atoms with Crippen molar-refractivity contribution < 1.29 is 4.39 Å². The van der Waals surface area contributed by atoms with E-state index in [1.807, 2.05) is 6.07 Å². The summed E-state index contributed by atoms with van der Waals surface area (Å²) in [6.07, 6.45) is 6.53. The fourth-order valence-electron chi connectivity index (χ4n) is 2.82. The maximum atomic E-state index is 14.2. The normalized spacial score (nSPS) is 12.0. The van der Waals surface area contributed by atoms with Gasteiger partial charge in [0.25, 0.3) is 0 Å². The summed E-state index contributed by atoms with van der Waals surface area (Å²) < 4.78 is 15.8. The van der Waals surface area contributed by atoms with Gasteiger partial charge in [0, 0.05) is 18.5 Å². The molecule has 0 fully saturated rings. The van der Waals surface area contributed by atoms with E-state index in [0.29, 0.717) is 5.69 Å². The molecule has 2 aromatic heterocycles. The third kappa shape index (κ3) is 5.42. The summed E-state index contributed by atoms with van der Waals surface area (Å²) in [5, 5.41) is 7.97. The average Bonchev–Trinajstić information content (AvgIpc) is 3.12. The van der Waals surface area contributed by atoms with Gasteiger partial charge in [-0.2, -0.15) is 5.10 Å². The molecular formula is C19H30FN3S. The molecular weight excluding hydrogens is 321 g/mol. The van der Waals surface area contributed by atoms with E-state index >= 15 is 0 Å². The lowest BCUT2D eigenvalue weighted by atomic mass is 10.1. The number of rotatable bonds is 10. The number of aryl methyl sites for hydroxylation is 1. The van der Waals surface area contributed by atoms with Crippen LogP contribution < -0.4 is 5.32 Å². The predicted molar refractivity (Wildman–Crippen MR) is 101 cm³/mol. The topological polar surface area (TPSA) is 29.9 Å². The largest absolute Gasteiger partial charge is 0.312 e. The number of hydrogen-bond donors (Lipinski definition) is 1. The molecule has 0 amide bonds. The highest BCUT2D eigenvalue weighted by atomic mass is 32.1. The summed E-state index contributed by atoms with van der Waals surface area (Å²) in [5.41, 5.74) is 0.0890. The number of thiophene rings is 1. The van der Waals surface area contributed by atoms with Crippen molar-refractivity contribution in [1.82, 2.24) is 15.1 Å². The second kappa shape index (κ2) is 8.77. The minimum Gasteiger partial charge on any atom is -0.312 e. The Morgan fingerprint density at radius 2 is 1.96 bits per heavy atom. The van der Waals surface area contributed by atoms with Crippen molar-refractivity contribution >= 4 is 11.3 Å². The van der Waals surface area contributed by atoms with Crippen LogP contribution in [0.1, 0.15) is 63.4 Å². The second-order valence-corrected chi connectivity index (χ2v) is 8.04. The zero-order valence-corrected chi connectivity index (χ0v) is 16.2. The minimum absolute atomic E-state index is 0.609. The molecule has 0 saturated carbocycles.